The zero-order valence-electron chi connectivity index (χ0n) is 8.13. The van der Waals surface area contributed by atoms with E-state index in [1.165, 1.54) is 32.1 Å². The van der Waals surface area contributed by atoms with E-state index in [2.05, 4.69) is 13.3 Å². The molecule has 0 heterocycles. The van der Waals surface area contributed by atoms with Crippen LogP contribution in [0.5, 0.6) is 0 Å². The first kappa shape index (κ1) is 10.0. The number of aliphatic hydroxyl groups excluding tert-OH is 1. The predicted octanol–water partition coefficient (Wildman–Crippen LogP) is 2.93. The van der Waals surface area contributed by atoms with Crippen LogP contribution in [-0.2, 0) is 0 Å². The van der Waals surface area contributed by atoms with Gasteiger partial charge in [0.05, 0.1) is 6.10 Å². The molecule has 1 aliphatic carbocycles. The second-order valence-electron chi connectivity index (χ2n) is 3.95. The molecule has 1 atom stereocenters. The van der Waals surface area contributed by atoms with Gasteiger partial charge in [0.1, 0.15) is 0 Å². The highest BCUT2D eigenvalue weighted by atomic mass is 16.3. The minimum absolute atomic E-state index is 0.0455. The lowest BCUT2D eigenvalue weighted by Crippen LogP contribution is -2.11. The molecule has 1 radical (unpaired) electrons. The smallest absolute Gasteiger partial charge is 0.0537 e. The Labute approximate surface area is 76.2 Å². The average Bonchev–Trinajstić information content (AvgIpc) is 2.16. The topological polar surface area (TPSA) is 20.2 Å². The number of hydrogen-bond donors (Lipinski definition) is 1. The Hall–Kier alpha value is -0.0400. The van der Waals surface area contributed by atoms with Gasteiger partial charge in [-0.25, -0.2) is 0 Å². The molecule has 1 aliphatic rings. The van der Waals surface area contributed by atoms with E-state index in [0.29, 0.717) is 0 Å². The number of rotatable bonds is 4. The van der Waals surface area contributed by atoms with Gasteiger partial charge in [-0.3, -0.25) is 0 Å². The summed E-state index contributed by atoms with van der Waals surface area (Å²) in [6.45, 7) is 2.05. The highest BCUT2D eigenvalue weighted by molar-refractivity contribution is 4.76. The molecule has 1 fully saturated rings. The molecule has 0 aliphatic heterocycles. The van der Waals surface area contributed by atoms with Gasteiger partial charge in [0.25, 0.3) is 0 Å². The fourth-order valence-corrected chi connectivity index (χ4v) is 1.92. The van der Waals surface area contributed by atoms with Crippen LogP contribution in [0.3, 0.4) is 0 Å². The quantitative estimate of drug-likeness (QED) is 0.686. The van der Waals surface area contributed by atoms with Crippen LogP contribution in [0.4, 0.5) is 0 Å². The van der Waals surface area contributed by atoms with E-state index in [-0.39, 0.29) is 6.10 Å². The molecule has 1 N–H and O–H groups in total. The lowest BCUT2D eigenvalue weighted by atomic mass is 9.85. The van der Waals surface area contributed by atoms with Crippen LogP contribution in [0.1, 0.15) is 51.9 Å². The lowest BCUT2D eigenvalue weighted by molar-refractivity contribution is 0.147. The molecule has 0 aromatic heterocycles. The van der Waals surface area contributed by atoms with Crippen LogP contribution < -0.4 is 0 Å². The Balaban J connectivity index is 2.05. The van der Waals surface area contributed by atoms with Gasteiger partial charge in [-0.05, 0) is 44.4 Å². The van der Waals surface area contributed by atoms with Gasteiger partial charge in [0, 0.05) is 0 Å². The molecule has 0 bridgehead atoms. The first-order valence-corrected chi connectivity index (χ1v) is 5.32. The van der Waals surface area contributed by atoms with Crippen molar-refractivity contribution in [2.75, 3.05) is 0 Å². The number of hydrogen-bond acceptors (Lipinski definition) is 1. The molecule has 71 valence electrons. The molecule has 12 heavy (non-hydrogen) atoms. The van der Waals surface area contributed by atoms with Crippen molar-refractivity contribution in [3.63, 3.8) is 0 Å². The average molecular weight is 169 g/mol. The highest BCUT2D eigenvalue weighted by Gasteiger charge is 2.14. The fourth-order valence-electron chi connectivity index (χ4n) is 1.92. The van der Waals surface area contributed by atoms with Gasteiger partial charge in [-0.1, -0.05) is 19.8 Å². The molecule has 0 aromatic rings. The minimum atomic E-state index is -0.0455. The normalized spacial score (nSPS) is 22.5. The monoisotopic (exact) mass is 169 g/mol. The Morgan fingerprint density at radius 2 is 2.08 bits per heavy atom. The van der Waals surface area contributed by atoms with Crippen molar-refractivity contribution in [3.05, 3.63) is 6.42 Å². The van der Waals surface area contributed by atoms with E-state index < -0.39 is 0 Å². The van der Waals surface area contributed by atoms with Crippen molar-refractivity contribution in [1.29, 1.82) is 0 Å². The Kier molecular flexibility index (Phi) is 4.67. The van der Waals surface area contributed by atoms with Crippen LogP contribution in [0.2, 0.25) is 0 Å². The van der Waals surface area contributed by atoms with Crippen LogP contribution >= 0.6 is 0 Å². The fraction of sp³-hybridized carbons (Fsp3) is 0.909. The molecule has 1 heteroatoms. The van der Waals surface area contributed by atoms with E-state index in [1.54, 1.807) is 0 Å². The summed E-state index contributed by atoms with van der Waals surface area (Å²) in [6, 6.07) is 0. The van der Waals surface area contributed by atoms with E-state index in [0.717, 1.165) is 18.8 Å². The number of aliphatic hydroxyl groups is 1. The Morgan fingerprint density at radius 1 is 1.42 bits per heavy atom. The summed E-state index contributed by atoms with van der Waals surface area (Å²) < 4.78 is 0. The van der Waals surface area contributed by atoms with Crippen LogP contribution in [-0.4, -0.2) is 11.2 Å². The lowest BCUT2D eigenvalue weighted by Gasteiger charge is -2.22. The highest BCUT2D eigenvalue weighted by Crippen LogP contribution is 2.27. The summed E-state index contributed by atoms with van der Waals surface area (Å²) in [5.74, 6) is 0.899. The van der Waals surface area contributed by atoms with Crippen LogP contribution in [0.15, 0.2) is 0 Å². The van der Waals surface area contributed by atoms with Crippen molar-refractivity contribution in [1.82, 2.24) is 0 Å². The molecule has 0 aromatic carbocycles. The Bertz CT molecular complexity index is 106. The van der Waals surface area contributed by atoms with Gasteiger partial charge in [-0.15, -0.1) is 0 Å². The van der Waals surface area contributed by atoms with E-state index >= 15 is 0 Å². The zero-order valence-corrected chi connectivity index (χ0v) is 8.13. The molecular formula is C11H21O. The van der Waals surface area contributed by atoms with Gasteiger partial charge in [-0.2, -0.15) is 0 Å². The predicted molar refractivity (Wildman–Crippen MR) is 51.8 cm³/mol. The third-order valence-corrected chi connectivity index (χ3v) is 2.94. The Morgan fingerprint density at radius 3 is 2.67 bits per heavy atom. The van der Waals surface area contributed by atoms with Gasteiger partial charge < -0.3 is 5.11 Å². The summed E-state index contributed by atoms with van der Waals surface area (Å²) in [4.78, 5) is 0. The third kappa shape index (κ3) is 3.57. The second kappa shape index (κ2) is 5.58. The maximum atomic E-state index is 9.38. The van der Waals surface area contributed by atoms with Crippen LogP contribution in [0.25, 0.3) is 0 Å². The van der Waals surface area contributed by atoms with Gasteiger partial charge >= 0.3 is 0 Å². The SMILES string of the molecule is CCC(O)CCC1CC[CH]CC1. The molecule has 1 saturated carbocycles. The first-order valence-electron chi connectivity index (χ1n) is 5.32. The minimum Gasteiger partial charge on any atom is -0.393 e. The summed E-state index contributed by atoms with van der Waals surface area (Å²) in [6.07, 6.45) is 10.8. The van der Waals surface area contributed by atoms with E-state index in [1.807, 2.05) is 0 Å². The summed E-state index contributed by atoms with van der Waals surface area (Å²) in [5.41, 5.74) is 0. The summed E-state index contributed by atoms with van der Waals surface area (Å²) in [7, 11) is 0. The van der Waals surface area contributed by atoms with Crippen molar-refractivity contribution in [3.8, 4) is 0 Å². The largest absolute Gasteiger partial charge is 0.393 e. The van der Waals surface area contributed by atoms with Crippen molar-refractivity contribution < 1.29 is 5.11 Å². The summed E-state index contributed by atoms with van der Waals surface area (Å²) in [5, 5.41) is 9.38. The van der Waals surface area contributed by atoms with Crippen molar-refractivity contribution in [2.24, 2.45) is 5.92 Å². The maximum absolute atomic E-state index is 9.38. The first-order chi connectivity index (χ1) is 5.83. The maximum Gasteiger partial charge on any atom is 0.0537 e. The van der Waals surface area contributed by atoms with Crippen LogP contribution in [0, 0.1) is 12.3 Å². The zero-order chi connectivity index (χ0) is 8.81. The standard InChI is InChI=1S/C11H21O/c1-2-11(12)9-8-10-6-4-3-5-7-10/h3,10-12H,2,4-9H2,1H3. The molecule has 1 nitrogen and oxygen atoms in total. The molecule has 0 spiro atoms. The summed E-state index contributed by atoms with van der Waals surface area (Å²) >= 11 is 0. The van der Waals surface area contributed by atoms with Gasteiger partial charge in [0.15, 0.2) is 0 Å². The molecule has 0 saturated heterocycles. The van der Waals surface area contributed by atoms with E-state index in [4.69, 9.17) is 0 Å². The van der Waals surface area contributed by atoms with Gasteiger partial charge in [0.2, 0.25) is 0 Å². The van der Waals surface area contributed by atoms with Crippen molar-refractivity contribution >= 4 is 0 Å². The second-order valence-corrected chi connectivity index (χ2v) is 3.95. The molecule has 1 rings (SSSR count). The van der Waals surface area contributed by atoms with E-state index in [9.17, 15) is 5.11 Å². The molecule has 1 unspecified atom stereocenters. The third-order valence-electron chi connectivity index (χ3n) is 2.94. The van der Waals surface area contributed by atoms with Crippen molar-refractivity contribution in [2.45, 2.75) is 58.0 Å². The molecular weight excluding hydrogens is 148 g/mol. The molecule has 0 amide bonds.